The van der Waals surface area contributed by atoms with Crippen LogP contribution in [-0.4, -0.2) is 30.3 Å². The third-order valence-electron chi connectivity index (χ3n) is 1.66. The Labute approximate surface area is 89.0 Å². The highest BCUT2D eigenvalue weighted by atomic mass is 32.2. The normalized spacial score (nSPS) is 14.3. The number of nitrogens with zero attached hydrogens (tertiary/aromatic N) is 1. The molecule has 0 saturated heterocycles. The van der Waals surface area contributed by atoms with Gasteiger partial charge in [-0.15, -0.1) is 0 Å². The largest absolute Gasteiger partial charge is 0.481 e. The van der Waals surface area contributed by atoms with Crippen molar-refractivity contribution >= 4 is 16.0 Å². The lowest BCUT2D eigenvalue weighted by Crippen LogP contribution is -2.47. The number of nitrogens with one attached hydrogen (secondary N) is 1. The molecule has 15 heavy (non-hydrogen) atoms. The van der Waals surface area contributed by atoms with Crippen LogP contribution >= 0.6 is 0 Å². The van der Waals surface area contributed by atoms with Crippen molar-refractivity contribution in [3.63, 3.8) is 0 Å². The molecule has 0 amide bonds. The van der Waals surface area contributed by atoms with Gasteiger partial charge in [0.25, 0.3) is 0 Å². The van der Waals surface area contributed by atoms with E-state index in [9.17, 15) is 13.2 Å². The van der Waals surface area contributed by atoms with E-state index in [1.165, 1.54) is 20.8 Å². The maximum atomic E-state index is 11.4. The van der Waals surface area contributed by atoms with Crippen molar-refractivity contribution in [2.45, 2.75) is 38.0 Å². The Morgan fingerprint density at radius 1 is 1.60 bits per heavy atom. The van der Waals surface area contributed by atoms with Gasteiger partial charge in [0, 0.05) is 5.54 Å². The van der Waals surface area contributed by atoms with Gasteiger partial charge >= 0.3 is 5.97 Å². The number of sulfonamides is 1. The van der Waals surface area contributed by atoms with Gasteiger partial charge in [-0.25, -0.2) is 13.1 Å². The predicted octanol–water partition coefficient (Wildman–Crippen LogP) is 0.0712. The third-order valence-corrected chi connectivity index (χ3v) is 3.53. The molecule has 1 unspecified atom stereocenters. The fraction of sp³-hybridized carbons (Fsp3) is 0.750. The van der Waals surface area contributed by atoms with Crippen LogP contribution in [-0.2, 0) is 14.8 Å². The Kier molecular flexibility index (Phi) is 4.25. The minimum Gasteiger partial charge on any atom is -0.481 e. The second kappa shape index (κ2) is 4.59. The van der Waals surface area contributed by atoms with Crippen molar-refractivity contribution in [2.24, 2.45) is 0 Å². The molecule has 0 spiro atoms. The molecule has 7 heteroatoms. The monoisotopic (exact) mass is 234 g/mol. The van der Waals surface area contributed by atoms with E-state index in [1.54, 1.807) is 6.07 Å². The summed E-state index contributed by atoms with van der Waals surface area (Å²) in [7, 11) is -3.79. The van der Waals surface area contributed by atoms with Crippen LogP contribution in [0.15, 0.2) is 0 Å². The molecule has 0 fully saturated rings. The van der Waals surface area contributed by atoms with E-state index < -0.39 is 26.8 Å². The Bertz CT molecular complexity index is 380. The maximum absolute atomic E-state index is 11.4. The zero-order chi connectivity index (χ0) is 12.3. The first-order valence-corrected chi connectivity index (χ1v) is 5.79. The lowest BCUT2D eigenvalue weighted by molar-refractivity contribution is -0.138. The Hall–Kier alpha value is -1.13. The van der Waals surface area contributed by atoms with Crippen molar-refractivity contribution in [1.82, 2.24) is 4.72 Å². The van der Waals surface area contributed by atoms with Crippen molar-refractivity contribution < 1.29 is 18.3 Å². The van der Waals surface area contributed by atoms with Crippen LogP contribution in [0.2, 0.25) is 0 Å². The van der Waals surface area contributed by atoms with Crippen LogP contribution < -0.4 is 4.72 Å². The summed E-state index contributed by atoms with van der Waals surface area (Å²) in [5.74, 6) is -1.10. The summed E-state index contributed by atoms with van der Waals surface area (Å²) in [6.45, 7) is 4.13. The van der Waals surface area contributed by atoms with E-state index in [2.05, 4.69) is 4.72 Å². The smallest absolute Gasteiger partial charge is 0.305 e. The van der Waals surface area contributed by atoms with Gasteiger partial charge in [0.05, 0.1) is 12.5 Å². The molecule has 0 heterocycles. The fourth-order valence-corrected chi connectivity index (χ4v) is 2.11. The van der Waals surface area contributed by atoms with Crippen LogP contribution in [0.3, 0.4) is 0 Å². The number of nitriles is 1. The molecule has 6 nitrogen and oxygen atoms in total. The SMILES string of the molecule is CC(C#N)S(=O)(=O)NC(C)(C)CC(=O)O. The molecule has 0 aromatic heterocycles. The van der Waals surface area contributed by atoms with Gasteiger partial charge in [-0.3, -0.25) is 4.79 Å². The summed E-state index contributed by atoms with van der Waals surface area (Å²) in [6.07, 6.45) is -0.343. The van der Waals surface area contributed by atoms with Crippen LogP contribution in [0.25, 0.3) is 0 Å². The number of carboxylic acids is 1. The van der Waals surface area contributed by atoms with E-state index >= 15 is 0 Å². The van der Waals surface area contributed by atoms with Crippen LogP contribution in [0.4, 0.5) is 0 Å². The summed E-state index contributed by atoms with van der Waals surface area (Å²) in [6, 6.07) is 1.58. The van der Waals surface area contributed by atoms with Crippen molar-refractivity contribution in [1.29, 1.82) is 5.26 Å². The first kappa shape index (κ1) is 13.9. The van der Waals surface area contributed by atoms with Crippen molar-refractivity contribution in [2.75, 3.05) is 0 Å². The minimum absolute atomic E-state index is 0.343. The highest BCUT2D eigenvalue weighted by Crippen LogP contribution is 2.12. The summed E-state index contributed by atoms with van der Waals surface area (Å²) in [4.78, 5) is 10.4. The third kappa shape index (κ3) is 4.76. The zero-order valence-electron chi connectivity index (χ0n) is 8.81. The van der Waals surface area contributed by atoms with Gasteiger partial charge in [0.15, 0.2) is 5.25 Å². The lowest BCUT2D eigenvalue weighted by Gasteiger charge is -2.24. The summed E-state index contributed by atoms with van der Waals surface area (Å²) in [5.41, 5.74) is -1.10. The topological polar surface area (TPSA) is 107 Å². The molecule has 0 aliphatic rings. The van der Waals surface area contributed by atoms with Gasteiger partial charge in [-0.1, -0.05) is 0 Å². The van der Waals surface area contributed by atoms with Gasteiger partial charge in [0.1, 0.15) is 0 Å². The van der Waals surface area contributed by atoms with Gasteiger partial charge in [-0.2, -0.15) is 5.26 Å². The minimum atomic E-state index is -3.79. The number of carbonyl (C=O) groups is 1. The molecule has 0 rings (SSSR count). The van der Waals surface area contributed by atoms with Gasteiger partial charge in [0.2, 0.25) is 10.0 Å². The van der Waals surface area contributed by atoms with Crippen LogP contribution in [0.5, 0.6) is 0 Å². The first-order chi connectivity index (χ1) is 6.60. The van der Waals surface area contributed by atoms with E-state index in [1.807, 2.05) is 0 Å². The molecule has 0 aromatic rings. The van der Waals surface area contributed by atoms with E-state index in [0.29, 0.717) is 0 Å². The van der Waals surface area contributed by atoms with Gasteiger partial charge in [-0.05, 0) is 20.8 Å². The summed E-state index contributed by atoms with van der Waals surface area (Å²) in [5, 5.41) is 15.8. The molecule has 2 N–H and O–H groups in total. The Morgan fingerprint density at radius 3 is 2.40 bits per heavy atom. The molecule has 1 atom stereocenters. The highest BCUT2D eigenvalue weighted by Gasteiger charge is 2.30. The average molecular weight is 234 g/mol. The predicted molar refractivity (Wildman–Crippen MR) is 53.5 cm³/mol. The molecule has 0 aliphatic heterocycles. The van der Waals surface area contributed by atoms with Crippen LogP contribution in [0.1, 0.15) is 27.2 Å². The van der Waals surface area contributed by atoms with Crippen molar-refractivity contribution in [3.05, 3.63) is 0 Å². The summed E-state index contributed by atoms with van der Waals surface area (Å²) >= 11 is 0. The van der Waals surface area contributed by atoms with E-state index in [4.69, 9.17) is 10.4 Å². The zero-order valence-corrected chi connectivity index (χ0v) is 9.63. The van der Waals surface area contributed by atoms with E-state index in [0.717, 1.165) is 0 Å². The van der Waals surface area contributed by atoms with Gasteiger partial charge < -0.3 is 5.11 Å². The molecule has 86 valence electrons. The highest BCUT2D eigenvalue weighted by molar-refractivity contribution is 7.90. The second-order valence-corrected chi connectivity index (χ2v) is 5.87. The quantitative estimate of drug-likeness (QED) is 0.700. The summed E-state index contributed by atoms with van der Waals surface area (Å²) < 4.78 is 25.0. The number of hydrogen-bond donors (Lipinski definition) is 2. The van der Waals surface area contributed by atoms with E-state index in [-0.39, 0.29) is 6.42 Å². The Balaban J connectivity index is 4.74. The molecule has 0 saturated carbocycles. The molecule has 0 bridgehead atoms. The number of hydrogen-bond acceptors (Lipinski definition) is 4. The van der Waals surface area contributed by atoms with Crippen LogP contribution in [0, 0.1) is 11.3 Å². The molecular formula is C8H14N2O4S. The van der Waals surface area contributed by atoms with Crippen molar-refractivity contribution in [3.8, 4) is 6.07 Å². The second-order valence-electron chi connectivity index (χ2n) is 3.87. The number of rotatable bonds is 5. The number of aliphatic carboxylic acids is 1. The molecule has 0 aromatic carbocycles. The molecular weight excluding hydrogens is 220 g/mol. The average Bonchev–Trinajstić information content (AvgIpc) is 1.97. The Morgan fingerprint density at radius 2 is 2.07 bits per heavy atom. The lowest BCUT2D eigenvalue weighted by atomic mass is 10.0. The fourth-order valence-electron chi connectivity index (χ4n) is 0.957. The first-order valence-electron chi connectivity index (χ1n) is 4.25. The maximum Gasteiger partial charge on any atom is 0.305 e. The molecule has 0 radical (unpaired) electrons. The molecule has 0 aliphatic carbocycles. The number of carboxylic acid groups (broad SMARTS) is 1. The standard InChI is InChI=1S/C8H14N2O4S/c1-6(5-9)15(13,14)10-8(2,3)4-7(11)12/h6,10H,4H2,1-3H3,(H,11,12).